The van der Waals surface area contributed by atoms with E-state index in [0.717, 1.165) is 0 Å². The first-order valence-electron chi connectivity index (χ1n) is 7.81. The largest absolute Gasteiger partial charge is 0.457 e. The third kappa shape index (κ3) is 6.24. The van der Waals surface area contributed by atoms with Crippen LogP contribution in [0.3, 0.4) is 0 Å². The van der Waals surface area contributed by atoms with E-state index in [2.05, 4.69) is 5.32 Å². The van der Waals surface area contributed by atoms with E-state index in [0.29, 0.717) is 17.1 Å². The number of hydrogen-bond acceptors (Lipinski definition) is 7. The number of ketones is 1. The number of amides is 1. The average molecular weight is 372 g/mol. The minimum Gasteiger partial charge on any atom is -0.457 e. The molecule has 0 aliphatic rings. The number of benzene rings is 2. The van der Waals surface area contributed by atoms with Crippen molar-refractivity contribution in [3.8, 4) is 11.5 Å². The van der Waals surface area contributed by atoms with Crippen LogP contribution >= 0.6 is 0 Å². The molecule has 0 saturated heterocycles. The monoisotopic (exact) mass is 372 g/mol. The van der Waals surface area contributed by atoms with E-state index in [4.69, 9.17) is 9.47 Å². The highest BCUT2D eigenvalue weighted by Crippen LogP contribution is 2.24. The second-order valence-electron chi connectivity index (χ2n) is 5.37. The fraction of sp³-hybridized carbons (Fsp3) is 0.167. The Bertz CT molecular complexity index is 845. The van der Waals surface area contributed by atoms with Gasteiger partial charge in [-0.25, -0.2) is 0 Å². The van der Waals surface area contributed by atoms with E-state index < -0.39 is 23.3 Å². The van der Waals surface area contributed by atoms with Crippen LogP contribution in [-0.2, 0) is 14.3 Å². The van der Waals surface area contributed by atoms with Crippen LogP contribution < -0.4 is 10.1 Å². The van der Waals surface area contributed by atoms with Gasteiger partial charge < -0.3 is 14.8 Å². The van der Waals surface area contributed by atoms with E-state index in [1.54, 1.807) is 12.1 Å². The summed E-state index contributed by atoms with van der Waals surface area (Å²) < 4.78 is 10.3. The van der Waals surface area contributed by atoms with Gasteiger partial charge in [0.1, 0.15) is 18.0 Å². The van der Waals surface area contributed by atoms with E-state index in [1.807, 2.05) is 0 Å². The molecular formula is C18H16N2O7. The number of ether oxygens (including phenoxy) is 2. The van der Waals surface area contributed by atoms with Crippen molar-refractivity contribution >= 4 is 23.3 Å². The van der Waals surface area contributed by atoms with Gasteiger partial charge in [-0.1, -0.05) is 0 Å². The molecule has 0 aromatic heterocycles. The lowest BCUT2D eigenvalue weighted by Gasteiger charge is -2.07. The van der Waals surface area contributed by atoms with E-state index in [1.165, 1.54) is 43.3 Å². The molecule has 9 heteroatoms. The molecule has 0 spiro atoms. The highest BCUT2D eigenvalue weighted by molar-refractivity contribution is 5.98. The number of nitro groups is 1. The summed E-state index contributed by atoms with van der Waals surface area (Å²) in [6.07, 6.45) is 0. The Hall–Kier alpha value is -3.75. The van der Waals surface area contributed by atoms with Crippen LogP contribution in [0.1, 0.15) is 17.3 Å². The number of esters is 1. The first kappa shape index (κ1) is 19.6. The molecule has 140 valence electrons. The molecular weight excluding hydrogens is 356 g/mol. The van der Waals surface area contributed by atoms with Gasteiger partial charge in [0.05, 0.1) is 4.92 Å². The van der Waals surface area contributed by atoms with Crippen molar-refractivity contribution in [2.75, 3.05) is 13.2 Å². The van der Waals surface area contributed by atoms with Gasteiger partial charge in [-0.2, -0.15) is 0 Å². The van der Waals surface area contributed by atoms with Crippen LogP contribution in [0.5, 0.6) is 11.5 Å². The van der Waals surface area contributed by atoms with Gasteiger partial charge in [-0.15, -0.1) is 0 Å². The zero-order chi connectivity index (χ0) is 19.8. The molecule has 27 heavy (non-hydrogen) atoms. The van der Waals surface area contributed by atoms with Gasteiger partial charge in [0.15, 0.2) is 12.4 Å². The first-order chi connectivity index (χ1) is 12.8. The normalized spacial score (nSPS) is 9.96. The average Bonchev–Trinajstić information content (AvgIpc) is 2.65. The maximum absolute atomic E-state index is 12.0. The molecule has 1 amide bonds. The van der Waals surface area contributed by atoms with Crippen LogP contribution in [0.15, 0.2) is 48.5 Å². The Labute approximate surface area is 154 Å². The van der Waals surface area contributed by atoms with Gasteiger partial charge in [0, 0.05) is 24.6 Å². The zero-order valence-electron chi connectivity index (χ0n) is 14.3. The Kier molecular flexibility index (Phi) is 6.59. The van der Waals surface area contributed by atoms with Crippen molar-refractivity contribution in [2.45, 2.75) is 6.92 Å². The van der Waals surface area contributed by atoms with Crippen molar-refractivity contribution < 1.29 is 28.8 Å². The standard InChI is InChI=1S/C18H16N2O7/c1-12(21)19-10-18(23)26-11-17(22)13-2-6-15(7-3-13)27-16-8-4-14(5-9-16)20(24)25/h2-9H,10-11H2,1H3,(H,19,21). The molecule has 1 N–H and O–H groups in total. The Morgan fingerprint density at radius 3 is 2.07 bits per heavy atom. The topological polar surface area (TPSA) is 125 Å². The van der Waals surface area contributed by atoms with Crippen LogP contribution in [0.4, 0.5) is 5.69 Å². The van der Waals surface area contributed by atoms with Crippen molar-refractivity contribution in [3.63, 3.8) is 0 Å². The summed E-state index contributed by atoms with van der Waals surface area (Å²) in [6.45, 7) is 0.518. The van der Waals surface area contributed by atoms with Gasteiger partial charge in [-0.05, 0) is 36.4 Å². The third-order valence-electron chi connectivity index (χ3n) is 3.31. The molecule has 0 atom stereocenters. The lowest BCUT2D eigenvalue weighted by Crippen LogP contribution is -2.29. The molecule has 0 bridgehead atoms. The lowest BCUT2D eigenvalue weighted by molar-refractivity contribution is -0.384. The van der Waals surface area contributed by atoms with Gasteiger partial charge in [-0.3, -0.25) is 24.5 Å². The molecule has 0 aliphatic heterocycles. The minimum absolute atomic E-state index is 0.0451. The summed E-state index contributed by atoms with van der Waals surface area (Å²) in [5, 5.41) is 12.9. The fourth-order valence-electron chi connectivity index (χ4n) is 1.96. The fourth-order valence-corrected chi connectivity index (χ4v) is 1.96. The molecule has 0 heterocycles. The quantitative estimate of drug-likeness (QED) is 0.326. The van der Waals surface area contributed by atoms with Crippen LogP contribution in [-0.4, -0.2) is 35.7 Å². The molecule has 0 radical (unpaired) electrons. The van der Waals surface area contributed by atoms with Gasteiger partial charge in [0.25, 0.3) is 5.69 Å². The Balaban J connectivity index is 1.88. The predicted octanol–water partition coefficient (Wildman–Crippen LogP) is 2.25. The highest BCUT2D eigenvalue weighted by Gasteiger charge is 2.11. The Morgan fingerprint density at radius 1 is 1.00 bits per heavy atom. The summed E-state index contributed by atoms with van der Waals surface area (Å²) >= 11 is 0. The molecule has 2 aromatic carbocycles. The number of Topliss-reactive ketones (excluding diaryl/α,β-unsaturated/α-hetero) is 1. The number of nitrogens with zero attached hydrogens (tertiary/aromatic N) is 1. The second-order valence-corrected chi connectivity index (χ2v) is 5.37. The van der Waals surface area contributed by atoms with E-state index in [-0.39, 0.29) is 18.1 Å². The number of carbonyl (C=O) groups is 3. The molecule has 0 aliphatic carbocycles. The van der Waals surface area contributed by atoms with E-state index >= 15 is 0 Å². The van der Waals surface area contributed by atoms with Crippen molar-refractivity contribution in [2.24, 2.45) is 0 Å². The molecule has 2 aromatic rings. The molecule has 2 rings (SSSR count). The van der Waals surface area contributed by atoms with Gasteiger partial charge in [0.2, 0.25) is 5.91 Å². The van der Waals surface area contributed by atoms with Crippen molar-refractivity contribution in [1.29, 1.82) is 0 Å². The predicted molar refractivity (Wildman–Crippen MR) is 93.6 cm³/mol. The van der Waals surface area contributed by atoms with Gasteiger partial charge >= 0.3 is 5.97 Å². The van der Waals surface area contributed by atoms with Crippen LogP contribution in [0.25, 0.3) is 0 Å². The highest BCUT2D eigenvalue weighted by atomic mass is 16.6. The van der Waals surface area contributed by atoms with E-state index in [9.17, 15) is 24.5 Å². The minimum atomic E-state index is -0.711. The number of non-ortho nitro benzene ring substituents is 1. The van der Waals surface area contributed by atoms with Crippen molar-refractivity contribution in [3.05, 3.63) is 64.2 Å². The first-order valence-corrected chi connectivity index (χ1v) is 7.81. The Morgan fingerprint density at radius 2 is 1.56 bits per heavy atom. The molecule has 9 nitrogen and oxygen atoms in total. The van der Waals surface area contributed by atoms with Crippen molar-refractivity contribution in [1.82, 2.24) is 5.32 Å². The maximum atomic E-state index is 12.0. The third-order valence-corrected chi connectivity index (χ3v) is 3.31. The van der Waals surface area contributed by atoms with Crippen LogP contribution in [0.2, 0.25) is 0 Å². The number of nitro benzene ring substituents is 1. The summed E-state index contributed by atoms with van der Waals surface area (Å²) in [4.78, 5) is 44.1. The maximum Gasteiger partial charge on any atom is 0.325 e. The molecule has 0 unspecified atom stereocenters. The number of nitrogens with one attached hydrogen (secondary N) is 1. The number of carbonyl (C=O) groups excluding carboxylic acids is 3. The zero-order valence-corrected chi connectivity index (χ0v) is 14.3. The summed E-state index contributed by atoms with van der Waals surface area (Å²) in [5.41, 5.74) is 0.273. The summed E-state index contributed by atoms with van der Waals surface area (Å²) in [6, 6.07) is 11.7. The second kappa shape index (κ2) is 9.09. The smallest absolute Gasteiger partial charge is 0.325 e. The SMILES string of the molecule is CC(=O)NCC(=O)OCC(=O)c1ccc(Oc2ccc([N+](=O)[O-])cc2)cc1. The summed E-state index contributed by atoms with van der Waals surface area (Å²) in [5.74, 6) is -0.652. The van der Waals surface area contributed by atoms with Crippen LogP contribution in [0, 0.1) is 10.1 Å². The summed E-state index contributed by atoms with van der Waals surface area (Å²) in [7, 11) is 0. The molecule has 0 saturated carbocycles. The number of hydrogen-bond donors (Lipinski definition) is 1. The number of rotatable bonds is 8. The lowest BCUT2D eigenvalue weighted by atomic mass is 10.1. The molecule has 0 fully saturated rings.